The van der Waals surface area contributed by atoms with E-state index in [1.165, 1.54) is 17.2 Å². The van der Waals surface area contributed by atoms with Crippen LogP contribution in [0, 0.1) is 0 Å². The van der Waals surface area contributed by atoms with Gasteiger partial charge in [-0.25, -0.2) is 4.98 Å². The molecule has 1 aliphatic heterocycles. The molecular weight excluding hydrogens is 421 g/mol. The number of nitrogens with two attached hydrogens (primary N) is 1. The minimum absolute atomic E-state index is 0.110. The zero-order valence-electron chi connectivity index (χ0n) is 17.3. The summed E-state index contributed by atoms with van der Waals surface area (Å²) in [7, 11) is 1.56. The van der Waals surface area contributed by atoms with Gasteiger partial charge >= 0.3 is 6.18 Å². The smallest absolute Gasteiger partial charge is 0.408 e. The van der Waals surface area contributed by atoms with E-state index < -0.39 is 12.2 Å². The number of methoxy groups -OCH3 is 1. The molecule has 32 heavy (non-hydrogen) atoms. The van der Waals surface area contributed by atoms with Crippen molar-refractivity contribution >= 4 is 16.6 Å². The first-order chi connectivity index (χ1) is 15.3. The Kier molecular flexibility index (Phi) is 4.98. The summed E-state index contributed by atoms with van der Waals surface area (Å²) in [5.41, 5.74) is 7.54. The number of fused-ring (bicyclic) bond motifs is 2. The maximum atomic E-state index is 14.0. The van der Waals surface area contributed by atoms with Gasteiger partial charge in [0.1, 0.15) is 23.0 Å². The highest BCUT2D eigenvalue weighted by molar-refractivity contribution is 5.86. The number of alkyl halides is 3. The summed E-state index contributed by atoms with van der Waals surface area (Å²) >= 11 is 0. The molecule has 0 radical (unpaired) electrons. The van der Waals surface area contributed by atoms with Crippen LogP contribution >= 0.6 is 0 Å². The van der Waals surface area contributed by atoms with Crippen molar-refractivity contribution in [2.45, 2.75) is 24.7 Å². The van der Waals surface area contributed by atoms with E-state index >= 15 is 0 Å². The Morgan fingerprint density at radius 3 is 2.69 bits per heavy atom. The van der Waals surface area contributed by atoms with Crippen molar-refractivity contribution < 1.29 is 17.9 Å². The monoisotopic (exact) mass is 442 g/mol. The lowest BCUT2D eigenvalue weighted by Crippen LogP contribution is -2.38. The van der Waals surface area contributed by atoms with Crippen LogP contribution < -0.4 is 10.5 Å². The summed E-state index contributed by atoms with van der Waals surface area (Å²) in [4.78, 5) is 6.04. The van der Waals surface area contributed by atoms with E-state index in [2.05, 4.69) is 15.2 Å². The lowest BCUT2D eigenvalue weighted by Gasteiger charge is -2.30. The molecule has 3 aromatic heterocycles. The molecule has 5 rings (SSSR count). The minimum Gasteiger partial charge on any atom is -0.494 e. The van der Waals surface area contributed by atoms with Crippen LogP contribution in [-0.4, -0.2) is 56.9 Å². The minimum atomic E-state index is -4.44. The second kappa shape index (κ2) is 7.72. The summed E-state index contributed by atoms with van der Waals surface area (Å²) in [5.74, 6) is 0.954. The van der Waals surface area contributed by atoms with E-state index in [1.54, 1.807) is 29.7 Å². The molecule has 10 heteroatoms. The van der Waals surface area contributed by atoms with Gasteiger partial charge in [0.25, 0.3) is 0 Å². The quantitative estimate of drug-likeness (QED) is 0.520. The highest BCUT2D eigenvalue weighted by atomic mass is 19.4. The Balaban J connectivity index is 1.62. The molecule has 0 saturated carbocycles. The van der Waals surface area contributed by atoms with Gasteiger partial charge in [-0.2, -0.15) is 13.2 Å². The molecule has 1 saturated heterocycles. The maximum Gasteiger partial charge on any atom is 0.408 e. The van der Waals surface area contributed by atoms with Crippen LogP contribution in [0.4, 0.5) is 13.2 Å². The molecule has 0 spiro atoms. The number of ether oxygens (including phenoxy) is 1. The molecule has 2 N–H and O–H groups in total. The lowest BCUT2D eigenvalue weighted by atomic mass is 10.1. The van der Waals surface area contributed by atoms with Crippen molar-refractivity contribution in [3.63, 3.8) is 0 Å². The Labute approximate surface area is 181 Å². The van der Waals surface area contributed by atoms with Crippen molar-refractivity contribution in [3.05, 3.63) is 54.2 Å². The predicted molar refractivity (Wildman–Crippen MR) is 113 cm³/mol. The van der Waals surface area contributed by atoms with Crippen molar-refractivity contribution in [2.24, 2.45) is 5.73 Å². The summed E-state index contributed by atoms with van der Waals surface area (Å²) in [6.07, 6.45) is -2.46. The molecule has 1 aromatic carbocycles. The first kappa shape index (κ1) is 20.7. The molecule has 166 valence electrons. The molecule has 0 bridgehead atoms. The third-order valence-electron chi connectivity index (χ3n) is 5.80. The van der Waals surface area contributed by atoms with Crippen LogP contribution in [0.2, 0.25) is 0 Å². The van der Waals surface area contributed by atoms with Gasteiger partial charge in [0.2, 0.25) is 0 Å². The molecule has 4 aromatic rings. The van der Waals surface area contributed by atoms with E-state index in [-0.39, 0.29) is 18.2 Å². The number of hydrogen-bond acceptors (Lipinski definition) is 6. The zero-order chi connectivity index (χ0) is 22.5. The Morgan fingerprint density at radius 2 is 1.97 bits per heavy atom. The van der Waals surface area contributed by atoms with Crippen molar-refractivity contribution in [1.82, 2.24) is 24.5 Å². The number of pyridine rings is 2. The summed E-state index contributed by atoms with van der Waals surface area (Å²) in [5, 5.41) is 9.19. The molecule has 1 unspecified atom stereocenters. The molecule has 1 fully saturated rings. The number of hydrogen-bond donors (Lipinski definition) is 1. The van der Waals surface area contributed by atoms with Crippen LogP contribution in [-0.2, 0) is 0 Å². The number of benzene rings is 1. The average Bonchev–Trinajstić information content (AvgIpc) is 3.38. The van der Waals surface area contributed by atoms with Gasteiger partial charge in [-0.1, -0.05) is 24.3 Å². The third kappa shape index (κ3) is 3.55. The average molecular weight is 442 g/mol. The second-order valence-corrected chi connectivity index (χ2v) is 7.93. The van der Waals surface area contributed by atoms with Gasteiger partial charge in [0.15, 0.2) is 11.5 Å². The summed E-state index contributed by atoms with van der Waals surface area (Å²) in [6.45, 7) is 0.494. The van der Waals surface area contributed by atoms with Crippen LogP contribution in [0.1, 0.15) is 18.0 Å². The standard InChI is InChI=1S/C22H21F3N6O/c1-32-17-4-2-3-13-5-7-16(27-19(13)17)21-29-28-18-8-6-14(11-31(18)21)20(22(23,24)25)30-10-9-15(26)12-30/h2-8,11,15,20H,9-10,12,26H2,1H3/t15-,20?/m0/s1. The fourth-order valence-corrected chi connectivity index (χ4v) is 4.31. The highest BCUT2D eigenvalue weighted by Crippen LogP contribution is 2.39. The van der Waals surface area contributed by atoms with Crippen LogP contribution in [0.25, 0.3) is 28.1 Å². The second-order valence-electron chi connectivity index (χ2n) is 7.93. The van der Waals surface area contributed by atoms with E-state index in [1.807, 2.05) is 18.2 Å². The van der Waals surface area contributed by atoms with Gasteiger partial charge in [-0.05, 0) is 30.2 Å². The van der Waals surface area contributed by atoms with E-state index in [4.69, 9.17) is 10.5 Å². The third-order valence-corrected chi connectivity index (χ3v) is 5.80. The number of rotatable bonds is 4. The summed E-state index contributed by atoms with van der Waals surface area (Å²) < 4.78 is 49.1. The molecule has 1 aliphatic rings. The van der Waals surface area contributed by atoms with Gasteiger partial charge in [-0.3, -0.25) is 9.30 Å². The Morgan fingerprint density at radius 1 is 1.12 bits per heavy atom. The zero-order valence-corrected chi connectivity index (χ0v) is 17.3. The van der Waals surface area contributed by atoms with Crippen LogP contribution in [0.15, 0.2) is 48.7 Å². The van der Waals surface area contributed by atoms with E-state index in [0.29, 0.717) is 41.4 Å². The molecule has 2 atom stereocenters. The topological polar surface area (TPSA) is 81.6 Å². The summed E-state index contributed by atoms with van der Waals surface area (Å²) in [6, 6.07) is 10.2. The van der Waals surface area contributed by atoms with Gasteiger partial charge in [-0.15, -0.1) is 10.2 Å². The van der Waals surface area contributed by atoms with Crippen molar-refractivity contribution in [3.8, 4) is 17.3 Å². The first-order valence-corrected chi connectivity index (χ1v) is 10.2. The van der Waals surface area contributed by atoms with Crippen LogP contribution in [0.5, 0.6) is 5.75 Å². The van der Waals surface area contributed by atoms with Crippen molar-refractivity contribution in [2.75, 3.05) is 20.2 Å². The Bertz CT molecular complexity index is 1290. The van der Waals surface area contributed by atoms with E-state index in [9.17, 15) is 13.2 Å². The number of aromatic nitrogens is 4. The highest BCUT2D eigenvalue weighted by Gasteiger charge is 2.46. The van der Waals surface area contributed by atoms with Crippen molar-refractivity contribution in [1.29, 1.82) is 0 Å². The van der Waals surface area contributed by atoms with Gasteiger partial charge < -0.3 is 10.5 Å². The first-order valence-electron chi connectivity index (χ1n) is 10.2. The normalized spacial score (nSPS) is 18.5. The molecule has 0 amide bonds. The van der Waals surface area contributed by atoms with E-state index in [0.717, 1.165) is 5.39 Å². The fraction of sp³-hybridized carbons (Fsp3) is 0.318. The van der Waals surface area contributed by atoms with Crippen LogP contribution in [0.3, 0.4) is 0 Å². The molecule has 0 aliphatic carbocycles. The number of likely N-dealkylation sites (tertiary alicyclic amines) is 1. The Hall–Kier alpha value is -3.24. The lowest BCUT2D eigenvalue weighted by molar-refractivity contribution is -0.183. The fourth-order valence-electron chi connectivity index (χ4n) is 4.31. The number of halogens is 3. The largest absolute Gasteiger partial charge is 0.494 e. The SMILES string of the molecule is COc1cccc2ccc(-c3nnc4ccc(C(N5CC[C@H](N)C5)C(F)(F)F)cn34)nc12. The predicted octanol–water partition coefficient (Wildman–Crippen LogP) is 3.59. The number of para-hydroxylation sites is 1. The number of nitrogens with zero attached hydrogens (tertiary/aromatic N) is 5. The van der Waals surface area contributed by atoms with Gasteiger partial charge in [0.05, 0.1) is 7.11 Å². The molecule has 4 heterocycles. The molecule has 7 nitrogen and oxygen atoms in total. The maximum absolute atomic E-state index is 14.0. The molecular formula is C22H21F3N6O. The van der Waals surface area contributed by atoms with Gasteiger partial charge in [0, 0.05) is 30.7 Å².